The Morgan fingerprint density at radius 1 is 1.40 bits per heavy atom. The highest BCUT2D eigenvalue weighted by Gasteiger charge is 2.18. The van der Waals surface area contributed by atoms with Crippen LogP contribution in [-0.2, 0) is 13.1 Å². The molecule has 3 heteroatoms. The number of aryl methyl sites for hydroxylation is 1. The molecule has 1 N–H and O–H groups in total. The molecule has 2 rings (SSSR count). The molecule has 0 saturated heterocycles. The van der Waals surface area contributed by atoms with Gasteiger partial charge in [-0.15, -0.1) is 0 Å². The Kier molecular flexibility index (Phi) is 6.08. The van der Waals surface area contributed by atoms with Crippen molar-refractivity contribution in [3.05, 3.63) is 18.2 Å². The van der Waals surface area contributed by atoms with Crippen molar-refractivity contribution in [3.8, 4) is 0 Å². The van der Waals surface area contributed by atoms with Crippen LogP contribution in [0.5, 0.6) is 0 Å². The third-order valence-corrected chi connectivity index (χ3v) is 4.48. The van der Waals surface area contributed by atoms with Gasteiger partial charge in [0, 0.05) is 19.3 Å². The summed E-state index contributed by atoms with van der Waals surface area (Å²) in [6.07, 6.45) is 11.0. The number of imidazole rings is 1. The predicted octanol–water partition coefficient (Wildman–Crippen LogP) is 3.85. The molecule has 1 aromatic rings. The number of aromatic nitrogens is 2. The zero-order valence-corrected chi connectivity index (χ0v) is 13.4. The molecule has 114 valence electrons. The molecule has 1 heterocycles. The smallest absolute Gasteiger partial charge is 0.0948 e. The summed E-state index contributed by atoms with van der Waals surface area (Å²) in [5.74, 6) is 2.57. The average molecular weight is 277 g/mol. The molecule has 1 fully saturated rings. The van der Waals surface area contributed by atoms with Gasteiger partial charge in [0.05, 0.1) is 12.0 Å². The summed E-state index contributed by atoms with van der Waals surface area (Å²) >= 11 is 0. The van der Waals surface area contributed by atoms with Crippen molar-refractivity contribution >= 4 is 0 Å². The van der Waals surface area contributed by atoms with Crippen molar-refractivity contribution < 1.29 is 0 Å². The Labute approximate surface area is 124 Å². The first-order chi connectivity index (χ1) is 9.65. The molecule has 0 aliphatic heterocycles. The van der Waals surface area contributed by atoms with Crippen molar-refractivity contribution in [2.24, 2.45) is 17.8 Å². The maximum atomic E-state index is 4.32. The number of nitrogens with one attached hydrogen (secondary N) is 1. The van der Waals surface area contributed by atoms with Crippen molar-refractivity contribution in [2.75, 3.05) is 6.54 Å². The van der Waals surface area contributed by atoms with Gasteiger partial charge in [-0.25, -0.2) is 4.98 Å². The van der Waals surface area contributed by atoms with Crippen LogP contribution in [0.25, 0.3) is 0 Å². The molecule has 3 nitrogen and oxygen atoms in total. The third-order valence-electron chi connectivity index (χ3n) is 4.48. The molecule has 1 saturated carbocycles. The second kappa shape index (κ2) is 7.82. The summed E-state index contributed by atoms with van der Waals surface area (Å²) in [5, 5.41) is 3.51. The van der Waals surface area contributed by atoms with Gasteiger partial charge in [-0.2, -0.15) is 0 Å². The van der Waals surface area contributed by atoms with E-state index < -0.39 is 0 Å². The molecule has 0 radical (unpaired) electrons. The van der Waals surface area contributed by atoms with Gasteiger partial charge >= 0.3 is 0 Å². The second-order valence-corrected chi connectivity index (χ2v) is 7.03. The van der Waals surface area contributed by atoms with Gasteiger partial charge < -0.3 is 9.88 Å². The fourth-order valence-electron chi connectivity index (χ4n) is 3.33. The molecule has 2 unspecified atom stereocenters. The van der Waals surface area contributed by atoms with E-state index in [1.807, 2.05) is 12.5 Å². The van der Waals surface area contributed by atoms with Crippen molar-refractivity contribution in [3.63, 3.8) is 0 Å². The van der Waals surface area contributed by atoms with Crippen LogP contribution in [0.3, 0.4) is 0 Å². The maximum Gasteiger partial charge on any atom is 0.0948 e. The van der Waals surface area contributed by atoms with E-state index in [-0.39, 0.29) is 0 Å². The van der Waals surface area contributed by atoms with Crippen LogP contribution in [0, 0.1) is 17.8 Å². The van der Waals surface area contributed by atoms with Gasteiger partial charge in [0.1, 0.15) is 0 Å². The minimum absolute atomic E-state index is 0.704. The predicted molar refractivity (Wildman–Crippen MR) is 84.5 cm³/mol. The number of hydrogen-bond acceptors (Lipinski definition) is 2. The van der Waals surface area contributed by atoms with E-state index in [1.165, 1.54) is 37.8 Å². The third kappa shape index (κ3) is 4.93. The molecule has 1 aromatic heterocycles. The average Bonchev–Trinajstić information content (AvgIpc) is 2.84. The standard InChI is InChI=1S/C17H31N3/c1-14(2)10-18-11-17-12-19-13-20(17)8-7-16-6-4-5-15(3)9-16/h12-16,18H,4-11H2,1-3H3. The fraction of sp³-hybridized carbons (Fsp3) is 0.824. The Morgan fingerprint density at radius 2 is 2.25 bits per heavy atom. The van der Waals surface area contributed by atoms with Gasteiger partial charge in [-0.1, -0.05) is 40.0 Å². The van der Waals surface area contributed by atoms with Crippen molar-refractivity contribution in [2.45, 2.75) is 66.0 Å². The largest absolute Gasteiger partial charge is 0.333 e. The Hall–Kier alpha value is -0.830. The van der Waals surface area contributed by atoms with Crippen LogP contribution >= 0.6 is 0 Å². The van der Waals surface area contributed by atoms with E-state index in [1.54, 1.807) is 0 Å². The molecular weight excluding hydrogens is 246 g/mol. The molecule has 0 amide bonds. The van der Waals surface area contributed by atoms with Gasteiger partial charge in [0.25, 0.3) is 0 Å². The lowest BCUT2D eigenvalue weighted by Gasteiger charge is -2.26. The molecule has 0 aromatic carbocycles. The monoisotopic (exact) mass is 277 g/mol. The summed E-state index contributed by atoms with van der Waals surface area (Å²) in [7, 11) is 0. The number of rotatable bonds is 7. The normalized spacial score (nSPS) is 23.4. The second-order valence-electron chi connectivity index (χ2n) is 7.03. The lowest BCUT2D eigenvalue weighted by Crippen LogP contribution is -2.21. The summed E-state index contributed by atoms with van der Waals surface area (Å²) in [6.45, 7) is 10.0. The highest BCUT2D eigenvalue weighted by atomic mass is 15.1. The Morgan fingerprint density at radius 3 is 3.00 bits per heavy atom. The molecule has 0 spiro atoms. The van der Waals surface area contributed by atoms with Crippen molar-refractivity contribution in [1.82, 2.24) is 14.9 Å². The van der Waals surface area contributed by atoms with Gasteiger partial charge in [-0.3, -0.25) is 0 Å². The van der Waals surface area contributed by atoms with E-state index in [2.05, 4.69) is 35.6 Å². The SMILES string of the molecule is CC(C)CNCc1cncn1CCC1CCCC(C)C1. The number of nitrogens with zero attached hydrogens (tertiary/aromatic N) is 2. The summed E-state index contributed by atoms with van der Waals surface area (Å²) in [6, 6.07) is 0. The molecule has 1 aliphatic rings. The highest BCUT2D eigenvalue weighted by Crippen LogP contribution is 2.31. The van der Waals surface area contributed by atoms with E-state index in [9.17, 15) is 0 Å². The van der Waals surface area contributed by atoms with Crippen LogP contribution in [0.2, 0.25) is 0 Å². The van der Waals surface area contributed by atoms with Gasteiger partial charge in [0.2, 0.25) is 0 Å². The zero-order chi connectivity index (χ0) is 14.4. The molecule has 2 atom stereocenters. The molecular formula is C17H31N3. The lowest BCUT2D eigenvalue weighted by atomic mass is 9.81. The van der Waals surface area contributed by atoms with Gasteiger partial charge in [-0.05, 0) is 37.1 Å². The minimum atomic E-state index is 0.704. The van der Waals surface area contributed by atoms with E-state index in [0.717, 1.165) is 31.5 Å². The van der Waals surface area contributed by atoms with Crippen molar-refractivity contribution in [1.29, 1.82) is 0 Å². The van der Waals surface area contributed by atoms with E-state index >= 15 is 0 Å². The topological polar surface area (TPSA) is 29.9 Å². The van der Waals surface area contributed by atoms with Crippen LogP contribution < -0.4 is 5.32 Å². The van der Waals surface area contributed by atoms with Crippen LogP contribution in [0.4, 0.5) is 0 Å². The summed E-state index contributed by atoms with van der Waals surface area (Å²) < 4.78 is 2.34. The maximum absolute atomic E-state index is 4.32. The van der Waals surface area contributed by atoms with Crippen LogP contribution in [0.15, 0.2) is 12.5 Å². The van der Waals surface area contributed by atoms with Crippen LogP contribution in [-0.4, -0.2) is 16.1 Å². The zero-order valence-electron chi connectivity index (χ0n) is 13.4. The molecule has 20 heavy (non-hydrogen) atoms. The lowest BCUT2D eigenvalue weighted by molar-refractivity contribution is 0.260. The van der Waals surface area contributed by atoms with Crippen LogP contribution in [0.1, 0.15) is 58.6 Å². The highest BCUT2D eigenvalue weighted by molar-refractivity contribution is 4.98. The first-order valence-electron chi connectivity index (χ1n) is 8.35. The first-order valence-corrected chi connectivity index (χ1v) is 8.35. The van der Waals surface area contributed by atoms with E-state index in [0.29, 0.717) is 5.92 Å². The van der Waals surface area contributed by atoms with Gasteiger partial charge in [0.15, 0.2) is 0 Å². The minimum Gasteiger partial charge on any atom is -0.333 e. The Bertz CT molecular complexity index is 383. The fourth-order valence-corrected chi connectivity index (χ4v) is 3.33. The number of hydrogen-bond donors (Lipinski definition) is 1. The molecule has 0 bridgehead atoms. The summed E-state index contributed by atoms with van der Waals surface area (Å²) in [5.41, 5.74) is 1.33. The molecule has 1 aliphatic carbocycles. The summed E-state index contributed by atoms with van der Waals surface area (Å²) in [4.78, 5) is 4.32. The quantitative estimate of drug-likeness (QED) is 0.820. The Balaban J connectivity index is 1.76. The van der Waals surface area contributed by atoms with E-state index in [4.69, 9.17) is 0 Å². The first kappa shape index (κ1) is 15.6.